The minimum Gasteiger partial charge on any atom is -0.465 e. The molecular weight excluding hydrogens is 394 g/mol. The molecule has 0 fully saturated rings. The molecule has 0 atom stereocenters. The Hall–Kier alpha value is -3.32. The second-order valence-electron chi connectivity index (χ2n) is 6.21. The van der Waals surface area contributed by atoms with E-state index in [9.17, 15) is 9.59 Å². The van der Waals surface area contributed by atoms with Crippen LogP contribution in [0, 0.1) is 0 Å². The molecule has 1 aromatic heterocycles. The predicted molar refractivity (Wildman–Crippen MR) is 110 cm³/mol. The lowest BCUT2D eigenvalue weighted by molar-refractivity contribution is 0.0602. The molecule has 3 aromatic rings. The fraction of sp³-hybridized carbons (Fsp3) is 0.190. The molecule has 8 heteroatoms. The summed E-state index contributed by atoms with van der Waals surface area (Å²) in [5, 5.41) is 7.35. The predicted octanol–water partition coefficient (Wildman–Crippen LogP) is 4.70. The number of carbonyl (C=O) groups is 2. The number of amides is 1. The van der Waals surface area contributed by atoms with Crippen molar-refractivity contribution >= 4 is 29.4 Å². The number of esters is 1. The van der Waals surface area contributed by atoms with Crippen LogP contribution in [0.5, 0.6) is 5.75 Å². The summed E-state index contributed by atoms with van der Waals surface area (Å²) in [4.78, 5) is 24.7. The molecule has 0 spiro atoms. The second-order valence-corrected chi connectivity index (χ2v) is 6.65. The van der Waals surface area contributed by atoms with Crippen molar-refractivity contribution in [2.24, 2.45) is 7.05 Å². The van der Waals surface area contributed by atoms with E-state index in [0.717, 1.165) is 16.8 Å². The number of hydrogen-bond acceptors (Lipinski definition) is 5. The van der Waals surface area contributed by atoms with Gasteiger partial charge in [-0.05, 0) is 54.4 Å². The van der Waals surface area contributed by atoms with Crippen molar-refractivity contribution in [1.82, 2.24) is 9.78 Å². The Bertz CT molecular complexity index is 1040. The van der Waals surface area contributed by atoms with E-state index in [2.05, 4.69) is 10.4 Å². The van der Waals surface area contributed by atoms with E-state index in [-0.39, 0.29) is 5.56 Å². The van der Waals surface area contributed by atoms with Crippen LogP contribution in [-0.4, -0.2) is 29.0 Å². The molecule has 0 aliphatic carbocycles. The second kappa shape index (κ2) is 8.79. The summed E-state index contributed by atoms with van der Waals surface area (Å²) in [5.41, 5.74) is 3.14. The summed E-state index contributed by atoms with van der Waals surface area (Å²) >= 11 is 5.84. The van der Waals surface area contributed by atoms with Crippen LogP contribution in [-0.2, 0) is 18.2 Å². The van der Waals surface area contributed by atoms with Gasteiger partial charge in [-0.25, -0.2) is 9.59 Å². The van der Waals surface area contributed by atoms with Crippen LogP contribution in [0.15, 0.2) is 48.7 Å². The summed E-state index contributed by atoms with van der Waals surface area (Å²) in [6.07, 6.45) is 1.64. The van der Waals surface area contributed by atoms with Crippen molar-refractivity contribution in [2.75, 3.05) is 12.4 Å². The Labute approximate surface area is 173 Å². The van der Waals surface area contributed by atoms with Crippen LogP contribution in [0.3, 0.4) is 0 Å². The van der Waals surface area contributed by atoms with Gasteiger partial charge in [0, 0.05) is 23.8 Å². The van der Waals surface area contributed by atoms with E-state index >= 15 is 0 Å². The first-order valence-electron chi connectivity index (χ1n) is 8.91. The van der Waals surface area contributed by atoms with E-state index < -0.39 is 12.1 Å². The first-order valence-corrected chi connectivity index (χ1v) is 9.28. The average Bonchev–Trinajstić information content (AvgIpc) is 3.14. The van der Waals surface area contributed by atoms with Gasteiger partial charge >= 0.3 is 12.1 Å². The smallest absolute Gasteiger partial charge is 0.417 e. The monoisotopic (exact) mass is 413 g/mol. The number of carbonyl (C=O) groups excluding carboxylic acids is 2. The Morgan fingerprint density at radius 2 is 1.90 bits per heavy atom. The number of aromatic nitrogens is 2. The normalized spacial score (nSPS) is 10.5. The molecule has 1 amide bonds. The maximum absolute atomic E-state index is 12.4. The number of ether oxygens (including phenoxy) is 2. The van der Waals surface area contributed by atoms with Gasteiger partial charge in [0.1, 0.15) is 5.75 Å². The van der Waals surface area contributed by atoms with Crippen molar-refractivity contribution in [2.45, 2.75) is 13.3 Å². The zero-order valence-electron chi connectivity index (χ0n) is 16.2. The van der Waals surface area contributed by atoms with Crippen LogP contribution < -0.4 is 10.1 Å². The zero-order valence-corrected chi connectivity index (χ0v) is 17.0. The highest BCUT2D eigenvalue weighted by atomic mass is 35.5. The standard InChI is InChI=1S/C21H20ClN3O4/c1-4-13-11-18(24-21(27)29-15-7-5-14(22)6-8-15)17(20(26)28-3)12-16(13)19-9-10-23-25(19)2/h5-12H,4H2,1-3H3,(H,24,27). The molecule has 29 heavy (non-hydrogen) atoms. The molecule has 0 aliphatic heterocycles. The van der Waals surface area contributed by atoms with Gasteiger partial charge in [-0.1, -0.05) is 18.5 Å². The van der Waals surface area contributed by atoms with Crippen molar-refractivity contribution in [1.29, 1.82) is 0 Å². The van der Waals surface area contributed by atoms with Gasteiger partial charge in [0.15, 0.2) is 0 Å². The third kappa shape index (κ3) is 4.57. The van der Waals surface area contributed by atoms with Gasteiger partial charge in [0.2, 0.25) is 0 Å². The van der Waals surface area contributed by atoms with Crippen LogP contribution in [0.2, 0.25) is 5.02 Å². The van der Waals surface area contributed by atoms with E-state index in [1.807, 2.05) is 20.0 Å². The first-order chi connectivity index (χ1) is 13.9. The van der Waals surface area contributed by atoms with E-state index in [0.29, 0.717) is 22.9 Å². The fourth-order valence-electron chi connectivity index (χ4n) is 2.94. The maximum atomic E-state index is 12.4. The average molecular weight is 414 g/mol. The number of rotatable bonds is 5. The number of methoxy groups -OCH3 is 1. The highest BCUT2D eigenvalue weighted by molar-refractivity contribution is 6.30. The van der Waals surface area contributed by atoms with Gasteiger partial charge in [-0.15, -0.1) is 0 Å². The third-order valence-corrected chi connectivity index (χ3v) is 4.64. The number of nitrogens with zero attached hydrogens (tertiary/aromatic N) is 2. The fourth-order valence-corrected chi connectivity index (χ4v) is 3.07. The summed E-state index contributed by atoms with van der Waals surface area (Å²) in [6.45, 7) is 1.99. The summed E-state index contributed by atoms with van der Waals surface area (Å²) < 4.78 is 11.9. The molecule has 0 bridgehead atoms. The Balaban J connectivity index is 1.96. The number of hydrogen-bond donors (Lipinski definition) is 1. The molecule has 0 saturated carbocycles. The summed E-state index contributed by atoms with van der Waals surface area (Å²) in [5.74, 6) is -0.244. The molecule has 3 rings (SSSR count). The highest BCUT2D eigenvalue weighted by Crippen LogP contribution is 2.31. The van der Waals surface area contributed by atoms with Gasteiger partial charge in [-0.2, -0.15) is 5.10 Å². The molecule has 0 radical (unpaired) electrons. The van der Waals surface area contributed by atoms with Gasteiger partial charge in [-0.3, -0.25) is 10.00 Å². The summed E-state index contributed by atoms with van der Waals surface area (Å²) in [6, 6.07) is 11.7. The van der Waals surface area contributed by atoms with Crippen molar-refractivity contribution in [3.63, 3.8) is 0 Å². The molecule has 1 N–H and O–H groups in total. The zero-order chi connectivity index (χ0) is 21.0. The Morgan fingerprint density at radius 3 is 2.48 bits per heavy atom. The van der Waals surface area contributed by atoms with Gasteiger partial charge < -0.3 is 9.47 Å². The topological polar surface area (TPSA) is 82.4 Å². The molecule has 0 aliphatic rings. The number of aryl methyl sites for hydroxylation is 2. The van der Waals surface area contributed by atoms with Crippen LogP contribution in [0.1, 0.15) is 22.8 Å². The molecule has 2 aromatic carbocycles. The molecule has 1 heterocycles. The number of benzene rings is 2. The summed E-state index contributed by atoms with van der Waals surface area (Å²) in [7, 11) is 3.11. The molecule has 0 unspecified atom stereocenters. The molecule has 150 valence electrons. The molecular formula is C21H20ClN3O4. The highest BCUT2D eigenvalue weighted by Gasteiger charge is 2.20. The lowest BCUT2D eigenvalue weighted by atomic mass is 9.97. The Kier molecular flexibility index (Phi) is 6.19. The van der Waals surface area contributed by atoms with Crippen LogP contribution >= 0.6 is 11.6 Å². The van der Waals surface area contributed by atoms with Crippen molar-refractivity contribution in [3.8, 4) is 17.0 Å². The number of nitrogens with one attached hydrogen (secondary N) is 1. The van der Waals surface area contributed by atoms with Crippen LogP contribution in [0.4, 0.5) is 10.5 Å². The maximum Gasteiger partial charge on any atom is 0.417 e. The minimum atomic E-state index is -0.729. The van der Waals surface area contributed by atoms with E-state index in [1.165, 1.54) is 7.11 Å². The number of anilines is 1. The Morgan fingerprint density at radius 1 is 1.17 bits per heavy atom. The first kappa shape index (κ1) is 20.4. The SMILES string of the molecule is CCc1cc(NC(=O)Oc2ccc(Cl)cc2)c(C(=O)OC)cc1-c1ccnn1C. The third-order valence-electron chi connectivity index (χ3n) is 4.39. The number of halogens is 1. The largest absolute Gasteiger partial charge is 0.465 e. The van der Waals surface area contributed by atoms with Crippen molar-refractivity contribution in [3.05, 3.63) is 64.8 Å². The molecule has 7 nitrogen and oxygen atoms in total. The van der Waals surface area contributed by atoms with Crippen molar-refractivity contribution < 1.29 is 19.1 Å². The quantitative estimate of drug-likeness (QED) is 0.613. The van der Waals surface area contributed by atoms with Crippen LogP contribution in [0.25, 0.3) is 11.3 Å². The lowest BCUT2D eigenvalue weighted by Gasteiger charge is -2.16. The van der Waals surface area contributed by atoms with Gasteiger partial charge in [0.25, 0.3) is 0 Å². The van der Waals surface area contributed by atoms with E-state index in [1.54, 1.807) is 47.3 Å². The lowest BCUT2D eigenvalue weighted by Crippen LogP contribution is -2.19. The molecule has 0 saturated heterocycles. The van der Waals surface area contributed by atoms with Gasteiger partial charge in [0.05, 0.1) is 24.1 Å². The minimum absolute atomic E-state index is 0.217. The van der Waals surface area contributed by atoms with E-state index in [4.69, 9.17) is 21.1 Å².